The smallest absolute Gasteiger partial charge is 0.303 e. The van der Waals surface area contributed by atoms with Gasteiger partial charge in [0.05, 0.1) is 5.02 Å². The maximum Gasteiger partial charge on any atom is 0.303 e. The van der Waals surface area contributed by atoms with Crippen molar-refractivity contribution >= 4 is 33.5 Å². The van der Waals surface area contributed by atoms with E-state index in [0.29, 0.717) is 23.2 Å². The summed E-state index contributed by atoms with van der Waals surface area (Å²) in [5.41, 5.74) is 0.780. The van der Waals surface area contributed by atoms with Gasteiger partial charge >= 0.3 is 5.97 Å². The highest BCUT2D eigenvalue weighted by Crippen LogP contribution is 2.27. The molecule has 1 unspecified atom stereocenters. The molecule has 7 heteroatoms. The first-order valence-corrected chi connectivity index (χ1v) is 7.12. The van der Waals surface area contributed by atoms with Crippen LogP contribution in [0.3, 0.4) is 0 Å². The van der Waals surface area contributed by atoms with E-state index < -0.39 is 5.97 Å². The number of aromatic nitrogens is 2. The van der Waals surface area contributed by atoms with Crippen molar-refractivity contribution in [2.24, 2.45) is 5.92 Å². The normalized spacial score (nSPS) is 12.3. The van der Waals surface area contributed by atoms with Crippen molar-refractivity contribution in [1.82, 2.24) is 10.1 Å². The second kappa shape index (κ2) is 6.37. The molecule has 0 bridgehead atoms. The highest BCUT2D eigenvalue weighted by molar-refractivity contribution is 9.10. The predicted octanol–water partition coefficient (Wildman–Crippen LogP) is 3.81. The first-order chi connectivity index (χ1) is 9.45. The van der Waals surface area contributed by atoms with E-state index in [1.165, 1.54) is 0 Å². The number of rotatable bonds is 5. The van der Waals surface area contributed by atoms with Gasteiger partial charge in [-0.15, -0.1) is 0 Å². The molecule has 2 rings (SSSR count). The van der Waals surface area contributed by atoms with Crippen molar-refractivity contribution in [3.8, 4) is 11.4 Å². The molecule has 0 radical (unpaired) electrons. The van der Waals surface area contributed by atoms with Crippen LogP contribution in [0, 0.1) is 5.92 Å². The Morgan fingerprint density at radius 3 is 2.95 bits per heavy atom. The van der Waals surface area contributed by atoms with Gasteiger partial charge in [0.15, 0.2) is 0 Å². The minimum absolute atomic E-state index is 0.0576. The van der Waals surface area contributed by atoms with Crippen LogP contribution in [0.4, 0.5) is 0 Å². The van der Waals surface area contributed by atoms with Crippen molar-refractivity contribution in [3.05, 3.63) is 33.6 Å². The minimum Gasteiger partial charge on any atom is -0.481 e. The number of halogens is 2. The lowest BCUT2D eigenvalue weighted by Gasteiger charge is -2.03. The number of carboxylic acid groups (broad SMARTS) is 1. The van der Waals surface area contributed by atoms with Crippen LogP contribution in [-0.2, 0) is 11.2 Å². The molecule has 1 N–H and O–H groups in total. The standard InChI is InChI=1S/C13H12BrClN2O3/c1-7(5-12(18)19)4-11-16-13(17-20-11)8-2-3-10(15)9(14)6-8/h2-3,6-7H,4-5H2,1H3,(H,18,19). The molecule has 0 fully saturated rings. The molecule has 1 atom stereocenters. The molecule has 1 aromatic heterocycles. The van der Waals surface area contributed by atoms with Gasteiger partial charge in [0.2, 0.25) is 11.7 Å². The minimum atomic E-state index is -0.834. The molecular formula is C13H12BrClN2O3. The van der Waals surface area contributed by atoms with Crippen LogP contribution >= 0.6 is 27.5 Å². The van der Waals surface area contributed by atoms with Crippen molar-refractivity contribution < 1.29 is 14.4 Å². The summed E-state index contributed by atoms with van der Waals surface area (Å²) in [7, 11) is 0. The highest BCUT2D eigenvalue weighted by atomic mass is 79.9. The lowest BCUT2D eigenvalue weighted by atomic mass is 10.0. The first kappa shape index (κ1) is 15.0. The number of aliphatic carboxylic acids is 1. The number of hydrogen-bond acceptors (Lipinski definition) is 4. The predicted molar refractivity (Wildman–Crippen MR) is 77.6 cm³/mol. The van der Waals surface area contributed by atoms with Crippen LogP contribution in [0.15, 0.2) is 27.2 Å². The van der Waals surface area contributed by atoms with E-state index in [9.17, 15) is 4.79 Å². The van der Waals surface area contributed by atoms with Gasteiger partial charge in [0.1, 0.15) is 0 Å². The molecule has 0 aliphatic carbocycles. The van der Waals surface area contributed by atoms with Gasteiger partial charge in [0, 0.05) is 22.9 Å². The summed E-state index contributed by atoms with van der Waals surface area (Å²) in [6.07, 6.45) is 0.512. The molecule has 2 aromatic rings. The van der Waals surface area contributed by atoms with Crippen LogP contribution < -0.4 is 0 Å². The third-order valence-corrected chi connectivity index (χ3v) is 3.91. The van der Waals surface area contributed by atoms with E-state index >= 15 is 0 Å². The Kier molecular flexibility index (Phi) is 4.77. The molecule has 0 aliphatic heterocycles. The van der Waals surface area contributed by atoms with E-state index in [2.05, 4.69) is 26.1 Å². The van der Waals surface area contributed by atoms with Crippen molar-refractivity contribution in [1.29, 1.82) is 0 Å². The Balaban J connectivity index is 2.12. The number of carboxylic acids is 1. The summed E-state index contributed by atoms with van der Waals surface area (Å²) in [6, 6.07) is 5.34. The zero-order chi connectivity index (χ0) is 14.7. The number of hydrogen-bond donors (Lipinski definition) is 1. The van der Waals surface area contributed by atoms with Crippen LogP contribution in [0.1, 0.15) is 19.2 Å². The second-order valence-corrected chi connectivity index (χ2v) is 5.81. The van der Waals surface area contributed by atoms with Gasteiger partial charge in [-0.2, -0.15) is 4.98 Å². The van der Waals surface area contributed by atoms with Crippen LogP contribution in [0.25, 0.3) is 11.4 Å². The maximum absolute atomic E-state index is 10.6. The molecule has 106 valence electrons. The van der Waals surface area contributed by atoms with Crippen molar-refractivity contribution in [2.75, 3.05) is 0 Å². The Morgan fingerprint density at radius 2 is 2.30 bits per heavy atom. The topological polar surface area (TPSA) is 76.2 Å². The summed E-state index contributed by atoms with van der Waals surface area (Å²) in [5, 5.41) is 13.2. The van der Waals surface area contributed by atoms with Crippen LogP contribution in [0.5, 0.6) is 0 Å². The highest BCUT2D eigenvalue weighted by Gasteiger charge is 2.15. The summed E-state index contributed by atoms with van der Waals surface area (Å²) >= 11 is 9.26. The largest absolute Gasteiger partial charge is 0.481 e. The lowest BCUT2D eigenvalue weighted by molar-refractivity contribution is -0.137. The molecule has 0 amide bonds. The van der Waals surface area contributed by atoms with Gasteiger partial charge in [-0.1, -0.05) is 23.7 Å². The number of benzene rings is 1. The molecule has 0 saturated heterocycles. The third kappa shape index (κ3) is 3.80. The van der Waals surface area contributed by atoms with Gasteiger partial charge in [0.25, 0.3) is 0 Å². The Morgan fingerprint density at radius 1 is 1.55 bits per heavy atom. The fourth-order valence-electron chi connectivity index (χ4n) is 1.76. The third-order valence-electron chi connectivity index (χ3n) is 2.69. The Bertz CT molecular complexity index is 630. The average molecular weight is 360 g/mol. The fourth-order valence-corrected chi connectivity index (χ4v) is 2.25. The molecule has 1 aromatic carbocycles. The Hall–Kier alpha value is -1.40. The summed E-state index contributed by atoms with van der Waals surface area (Å²) in [5.74, 6) is -0.00339. The second-order valence-electron chi connectivity index (χ2n) is 4.55. The monoisotopic (exact) mass is 358 g/mol. The average Bonchev–Trinajstić information content (AvgIpc) is 2.80. The molecule has 0 saturated carbocycles. The fraction of sp³-hybridized carbons (Fsp3) is 0.308. The molecule has 20 heavy (non-hydrogen) atoms. The van der Waals surface area contributed by atoms with Crippen LogP contribution in [-0.4, -0.2) is 21.2 Å². The van der Waals surface area contributed by atoms with Gasteiger partial charge < -0.3 is 9.63 Å². The van der Waals surface area contributed by atoms with Gasteiger partial charge in [-0.05, 0) is 40.0 Å². The van der Waals surface area contributed by atoms with E-state index in [1.807, 2.05) is 6.92 Å². The van der Waals surface area contributed by atoms with E-state index in [1.54, 1.807) is 18.2 Å². The molecular weight excluding hydrogens is 348 g/mol. The number of carbonyl (C=O) groups is 1. The molecule has 0 spiro atoms. The summed E-state index contributed by atoms with van der Waals surface area (Å²) in [6.45, 7) is 1.83. The van der Waals surface area contributed by atoms with Crippen LogP contribution in [0.2, 0.25) is 5.02 Å². The first-order valence-electron chi connectivity index (χ1n) is 5.95. The van der Waals surface area contributed by atoms with E-state index in [0.717, 1.165) is 10.0 Å². The van der Waals surface area contributed by atoms with E-state index in [-0.39, 0.29) is 12.3 Å². The van der Waals surface area contributed by atoms with Crippen molar-refractivity contribution in [3.63, 3.8) is 0 Å². The maximum atomic E-state index is 10.6. The van der Waals surface area contributed by atoms with E-state index in [4.69, 9.17) is 21.2 Å². The quantitative estimate of drug-likeness (QED) is 0.878. The van der Waals surface area contributed by atoms with Gasteiger partial charge in [-0.25, -0.2) is 0 Å². The number of nitrogens with zero attached hydrogens (tertiary/aromatic N) is 2. The van der Waals surface area contributed by atoms with Gasteiger partial charge in [-0.3, -0.25) is 4.79 Å². The molecule has 5 nitrogen and oxygen atoms in total. The zero-order valence-corrected chi connectivity index (χ0v) is 13.0. The van der Waals surface area contributed by atoms with Crippen molar-refractivity contribution in [2.45, 2.75) is 19.8 Å². The summed E-state index contributed by atoms with van der Waals surface area (Å²) in [4.78, 5) is 14.9. The SMILES string of the molecule is CC(CC(=O)O)Cc1nc(-c2ccc(Cl)c(Br)c2)no1. The molecule has 0 aliphatic rings. The zero-order valence-electron chi connectivity index (χ0n) is 10.6. The summed E-state index contributed by atoms with van der Waals surface area (Å²) < 4.78 is 5.89. The lowest BCUT2D eigenvalue weighted by Crippen LogP contribution is -2.07. The molecule has 1 heterocycles. The Labute approximate surface area is 129 Å².